The molecule has 0 fully saturated rings. The molecule has 1 N–H and O–H groups in total. The number of para-hydroxylation sites is 1. The molecule has 2 heterocycles. The van der Waals surface area contributed by atoms with Crippen molar-refractivity contribution in [3.63, 3.8) is 0 Å². The van der Waals surface area contributed by atoms with E-state index in [1.54, 1.807) is 12.4 Å². The molecule has 0 spiro atoms. The zero-order chi connectivity index (χ0) is 11.0. The second-order valence-corrected chi connectivity index (χ2v) is 3.64. The highest BCUT2D eigenvalue weighted by atomic mass is 16.5. The first-order valence-electron chi connectivity index (χ1n) is 5.06. The summed E-state index contributed by atoms with van der Waals surface area (Å²) in [5.74, 6) is 0. The zero-order valence-corrected chi connectivity index (χ0v) is 8.54. The second-order valence-electron chi connectivity index (χ2n) is 3.64. The van der Waals surface area contributed by atoms with Crippen molar-refractivity contribution in [2.45, 2.75) is 0 Å². The number of hydrogen-bond acceptors (Lipinski definition) is 2. The lowest BCUT2D eigenvalue weighted by Crippen LogP contribution is -1.92. The molecule has 0 saturated carbocycles. The monoisotopic (exact) mass is 210 g/mol. The summed E-state index contributed by atoms with van der Waals surface area (Å²) >= 11 is 0. The molecule has 3 nitrogen and oxygen atoms in total. The molecule has 0 unspecified atom stereocenters. The molecule has 0 atom stereocenters. The Balaban J connectivity index is 2.29. The van der Waals surface area contributed by atoms with Gasteiger partial charge in [-0.05, 0) is 24.3 Å². The van der Waals surface area contributed by atoms with Crippen LogP contribution in [-0.2, 0) is 0 Å². The van der Waals surface area contributed by atoms with Gasteiger partial charge in [0, 0.05) is 23.3 Å². The van der Waals surface area contributed by atoms with Crippen LogP contribution in [0.1, 0.15) is 0 Å². The van der Waals surface area contributed by atoms with Gasteiger partial charge in [0.15, 0.2) is 0 Å². The predicted octanol–water partition coefficient (Wildman–Crippen LogP) is 2.94. The normalized spacial score (nSPS) is 10.8. The van der Waals surface area contributed by atoms with Crippen LogP contribution in [0.3, 0.4) is 0 Å². The number of nitrogens with zero attached hydrogens (tertiary/aromatic N) is 2. The molecule has 16 heavy (non-hydrogen) atoms. The summed E-state index contributed by atoms with van der Waals surface area (Å²) < 4.78 is 1.20. The van der Waals surface area contributed by atoms with Crippen molar-refractivity contribution in [1.82, 2.24) is 9.71 Å². The third-order valence-electron chi connectivity index (χ3n) is 2.64. The first-order valence-corrected chi connectivity index (χ1v) is 5.06. The number of rotatable bonds is 1. The predicted molar refractivity (Wildman–Crippen MR) is 62.4 cm³/mol. The molecule has 0 radical (unpaired) electrons. The Morgan fingerprint density at radius 2 is 1.94 bits per heavy atom. The largest absolute Gasteiger partial charge is 0.428 e. The summed E-state index contributed by atoms with van der Waals surface area (Å²) in [6.07, 6.45) is 3.45. The van der Waals surface area contributed by atoms with Crippen LogP contribution < -0.4 is 0 Å². The van der Waals surface area contributed by atoms with E-state index in [1.165, 1.54) is 4.73 Å². The van der Waals surface area contributed by atoms with E-state index in [2.05, 4.69) is 4.98 Å². The van der Waals surface area contributed by atoms with Gasteiger partial charge in [0.05, 0.1) is 11.2 Å². The molecule has 78 valence electrons. The Morgan fingerprint density at radius 1 is 1.06 bits per heavy atom. The van der Waals surface area contributed by atoms with Crippen molar-refractivity contribution in [2.24, 2.45) is 0 Å². The summed E-state index contributed by atoms with van der Waals surface area (Å²) in [7, 11) is 0. The molecule has 2 aromatic heterocycles. The number of pyridine rings is 1. The minimum absolute atomic E-state index is 0.759. The van der Waals surface area contributed by atoms with Gasteiger partial charge < -0.3 is 5.21 Å². The second kappa shape index (κ2) is 3.38. The van der Waals surface area contributed by atoms with Crippen molar-refractivity contribution in [1.29, 1.82) is 0 Å². The van der Waals surface area contributed by atoms with Gasteiger partial charge in [0.1, 0.15) is 0 Å². The van der Waals surface area contributed by atoms with Crippen molar-refractivity contribution >= 4 is 10.9 Å². The molecule has 0 saturated heterocycles. The molecule has 1 aromatic carbocycles. The third-order valence-corrected chi connectivity index (χ3v) is 2.64. The summed E-state index contributed by atoms with van der Waals surface area (Å²) in [5, 5.41) is 11.0. The molecule has 0 amide bonds. The maximum Gasteiger partial charge on any atom is 0.0894 e. The molecule has 0 bridgehead atoms. The lowest BCUT2D eigenvalue weighted by Gasteiger charge is -2.01. The zero-order valence-electron chi connectivity index (χ0n) is 8.54. The molecule has 3 heteroatoms. The highest BCUT2D eigenvalue weighted by Crippen LogP contribution is 2.25. The van der Waals surface area contributed by atoms with Gasteiger partial charge in [0.25, 0.3) is 0 Å². The SMILES string of the molecule is On1c(-c2cccnc2)cc2ccccc21. The van der Waals surface area contributed by atoms with E-state index >= 15 is 0 Å². The van der Waals surface area contributed by atoms with Crippen LogP contribution in [0.25, 0.3) is 22.2 Å². The summed E-state index contributed by atoms with van der Waals surface area (Å²) in [6.45, 7) is 0. The van der Waals surface area contributed by atoms with E-state index in [-0.39, 0.29) is 0 Å². The van der Waals surface area contributed by atoms with Crippen molar-refractivity contribution in [3.8, 4) is 11.3 Å². The van der Waals surface area contributed by atoms with Gasteiger partial charge in [-0.1, -0.05) is 18.2 Å². The fourth-order valence-electron chi connectivity index (χ4n) is 1.86. The van der Waals surface area contributed by atoms with E-state index < -0.39 is 0 Å². The Hall–Kier alpha value is -2.29. The highest BCUT2D eigenvalue weighted by molar-refractivity contribution is 5.86. The molecule has 3 rings (SSSR count). The summed E-state index contributed by atoms with van der Waals surface area (Å²) in [5.41, 5.74) is 2.47. The molecule has 0 aliphatic carbocycles. The van der Waals surface area contributed by atoms with Gasteiger partial charge in [0.2, 0.25) is 0 Å². The van der Waals surface area contributed by atoms with Crippen molar-refractivity contribution in [3.05, 3.63) is 54.9 Å². The van der Waals surface area contributed by atoms with Crippen LogP contribution in [0.5, 0.6) is 0 Å². The van der Waals surface area contributed by atoms with Crippen LogP contribution in [0, 0.1) is 0 Å². The van der Waals surface area contributed by atoms with Gasteiger partial charge >= 0.3 is 0 Å². The van der Waals surface area contributed by atoms with Crippen LogP contribution in [0.4, 0.5) is 0 Å². The number of fused-ring (bicyclic) bond motifs is 1. The smallest absolute Gasteiger partial charge is 0.0894 e. The summed E-state index contributed by atoms with van der Waals surface area (Å²) in [6, 6.07) is 13.4. The van der Waals surface area contributed by atoms with E-state index in [1.807, 2.05) is 42.5 Å². The Labute approximate surface area is 92.6 Å². The molecular weight excluding hydrogens is 200 g/mol. The lowest BCUT2D eigenvalue weighted by atomic mass is 10.2. The van der Waals surface area contributed by atoms with E-state index in [9.17, 15) is 5.21 Å². The van der Waals surface area contributed by atoms with E-state index in [0.29, 0.717) is 0 Å². The standard InChI is InChI=1S/C13H10N2O/c16-15-12-6-2-1-4-10(12)8-13(15)11-5-3-7-14-9-11/h1-9,16H. The van der Waals surface area contributed by atoms with Gasteiger partial charge in [-0.25, -0.2) is 0 Å². The molecule has 3 aromatic rings. The maximum atomic E-state index is 10.0. The number of hydrogen-bond donors (Lipinski definition) is 1. The molecular formula is C13H10N2O. The van der Waals surface area contributed by atoms with Crippen molar-refractivity contribution < 1.29 is 5.21 Å². The average Bonchev–Trinajstić information content (AvgIpc) is 2.69. The minimum atomic E-state index is 0.759. The molecule has 0 aliphatic rings. The number of aromatic nitrogens is 2. The van der Waals surface area contributed by atoms with Gasteiger partial charge in [-0.2, -0.15) is 4.73 Å². The quantitative estimate of drug-likeness (QED) is 0.627. The van der Waals surface area contributed by atoms with Crippen LogP contribution in [-0.4, -0.2) is 14.9 Å². The fourth-order valence-corrected chi connectivity index (χ4v) is 1.86. The first kappa shape index (κ1) is 8.97. The van der Waals surface area contributed by atoms with E-state index in [0.717, 1.165) is 22.2 Å². The van der Waals surface area contributed by atoms with Crippen LogP contribution >= 0.6 is 0 Å². The minimum Gasteiger partial charge on any atom is -0.428 e. The number of benzene rings is 1. The average molecular weight is 210 g/mol. The van der Waals surface area contributed by atoms with E-state index in [4.69, 9.17) is 0 Å². The third kappa shape index (κ3) is 1.26. The maximum absolute atomic E-state index is 10.0. The fraction of sp³-hybridized carbons (Fsp3) is 0. The van der Waals surface area contributed by atoms with Gasteiger partial charge in [-0.15, -0.1) is 0 Å². The van der Waals surface area contributed by atoms with Gasteiger partial charge in [-0.3, -0.25) is 4.98 Å². The lowest BCUT2D eigenvalue weighted by molar-refractivity contribution is 0.205. The Morgan fingerprint density at radius 3 is 2.69 bits per heavy atom. The molecule has 0 aliphatic heterocycles. The first-order chi connectivity index (χ1) is 7.86. The topological polar surface area (TPSA) is 38.0 Å². The van der Waals surface area contributed by atoms with Crippen LogP contribution in [0.15, 0.2) is 54.9 Å². The Kier molecular flexibility index (Phi) is 1.90. The Bertz CT molecular complexity index is 629. The van der Waals surface area contributed by atoms with Crippen molar-refractivity contribution in [2.75, 3.05) is 0 Å². The van der Waals surface area contributed by atoms with Crippen LogP contribution in [0.2, 0.25) is 0 Å². The summed E-state index contributed by atoms with van der Waals surface area (Å²) in [4.78, 5) is 4.05. The highest BCUT2D eigenvalue weighted by Gasteiger charge is 2.08.